The van der Waals surface area contributed by atoms with E-state index in [0.717, 1.165) is 34.7 Å². The average molecular weight is 496 g/mol. The molecule has 0 atom stereocenters. The summed E-state index contributed by atoms with van der Waals surface area (Å²) in [6.45, 7) is 7.85. The van der Waals surface area contributed by atoms with Gasteiger partial charge >= 0.3 is 12.1 Å². The van der Waals surface area contributed by atoms with Crippen molar-refractivity contribution >= 4 is 23.9 Å². The third kappa shape index (κ3) is 10.1. The van der Waals surface area contributed by atoms with Gasteiger partial charge in [-0.3, -0.25) is 15.2 Å². The molecule has 0 radical (unpaired) electrons. The topological polar surface area (TPSA) is 91.2 Å². The number of rotatable bonds is 11. The van der Waals surface area contributed by atoms with Gasteiger partial charge in [-0.05, 0) is 61.2 Å². The van der Waals surface area contributed by atoms with Gasteiger partial charge in [0.05, 0.1) is 11.3 Å². The number of carbonyl (C=O) groups excluding carboxylic acids is 1. The lowest BCUT2D eigenvalue weighted by Crippen LogP contribution is -2.42. The predicted molar refractivity (Wildman–Crippen MR) is 130 cm³/mol. The largest absolute Gasteiger partial charge is 0.482 e. The Hall–Kier alpha value is -3.56. The van der Waals surface area contributed by atoms with E-state index in [1.165, 1.54) is 12.1 Å². The number of carbonyl (C=O) groups is 2. The minimum Gasteiger partial charge on any atom is -0.482 e. The molecule has 0 aliphatic heterocycles. The second-order valence-electron chi connectivity index (χ2n) is 7.24. The highest BCUT2D eigenvalue weighted by atomic mass is 19.4. The molecule has 35 heavy (non-hydrogen) atoms. The van der Waals surface area contributed by atoms with E-state index in [1.54, 1.807) is 6.07 Å². The maximum atomic E-state index is 12.8. The molecule has 2 aromatic rings. The van der Waals surface area contributed by atoms with Crippen molar-refractivity contribution in [1.82, 2.24) is 5.43 Å². The second-order valence-corrected chi connectivity index (χ2v) is 7.24. The molecule has 0 spiro atoms. The van der Waals surface area contributed by atoms with E-state index in [9.17, 15) is 22.8 Å². The molecule has 2 aromatic carbocycles. The number of aliphatic imine (C=N–C) groups is 1. The fourth-order valence-electron chi connectivity index (χ4n) is 2.95. The summed E-state index contributed by atoms with van der Waals surface area (Å²) in [5, 5.41) is 9.82. The summed E-state index contributed by atoms with van der Waals surface area (Å²) >= 11 is 0. The van der Waals surface area contributed by atoms with Gasteiger partial charge in [-0.15, -0.1) is 0 Å². The number of carboxylic acid groups (broad SMARTS) is 1. The molecule has 1 amide bonds. The van der Waals surface area contributed by atoms with E-state index < -0.39 is 24.3 Å². The number of amides is 1. The fourth-order valence-corrected chi connectivity index (χ4v) is 2.95. The number of benzene rings is 2. The van der Waals surface area contributed by atoms with Crippen molar-refractivity contribution in [3.05, 3.63) is 59.2 Å². The van der Waals surface area contributed by atoms with Crippen molar-refractivity contribution in [3.63, 3.8) is 0 Å². The molecule has 0 saturated heterocycles. The van der Waals surface area contributed by atoms with E-state index in [0.29, 0.717) is 37.4 Å². The van der Waals surface area contributed by atoms with Crippen LogP contribution in [0.4, 0.5) is 18.9 Å². The standard InChI is InChI=1S/C23H26F3N3O4.C2H6/c1-3-12-27-21(11-5-17-4-10-20(16(2)13-17)33-14-22(31)32)28-29(15-30)19-8-6-18(7-9-19)23(24,25)26;1-2/h4,6-10,13,15H,3,5,11-12,14H2,1-2H3,(H,27,28)(H,31,32);1-2H3. The lowest BCUT2D eigenvalue weighted by atomic mass is 10.1. The number of aliphatic carboxylic acids is 1. The number of hydrogen-bond donors (Lipinski definition) is 2. The van der Waals surface area contributed by atoms with E-state index >= 15 is 0 Å². The van der Waals surface area contributed by atoms with Gasteiger partial charge in [0, 0.05) is 13.0 Å². The lowest BCUT2D eigenvalue weighted by Gasteiger charge is -2.22. The van der Waals surface area contributed by atoms with Crippen LogP contribution in [0.25, 0.3) is 0 Å². The molecule has 0 aromatic heterocycles. The predicted octanol–water partition coefficient (Wildman–Crippen LogP) is 5.41. The molecule has 2 N–H and O–H groups in total. The van der Waals surface area contributed by atoms with Gasteiger partial charge in [0.1, 0.15) is 11.6 Å². The third-order valence-electron chi connectivity index (χ3n) is 4.59. The summed E-state index contributed by atoms with van der Waals surface area (Å²) in [5.41, 5.74) is 4.07. The van der Waals surface area contributed by atoms with Crippen LogP contribution in [0.3, 0.4) is 0 Å². The van der Waals surface area contributed by atoms with E-state index in [-0.39, 0.29) is 5.69 Å². The van der Waals surface area contributed by atoms with E-state index in [2.05, 4.69) is 10.4 Å². The molecule has 0 fully saturated rings. The van der Waals surface area contributed by atoms with Crippen LogP contribution in [0.5, 0.6) is 5.75 Å². The number of aryl methyl sites for hydroxylation is 2. The first kappa shape index (κ1) is 29.5. The maximum Gasteiger partial charge on any atom is 0.416 e. The number of carboxylic acids is 1. The van der Waals surface area contributed by atoms with Gasteiger partial charge in [0.25, 0.3) is 0 Å². The van der Waals surface area contributed by atoms with E-state index in [4.69, 9.17) is 9.84 Å². The Morgan fingerprint density at radius 3 is 2.34 bits per heavy atom. The number of alkyl halides is 3. The van der Waals surface area contributed by atoms with Crippen molar-refractivity contribution in [2.75, 3.05) is 18.2 Å². The number of nitrogens with zero attached hydrogens (tertiary/aromatic N) is 2. The first-order valence-electron chi connectivity index (χ1n) is 11.3. The van der Waals surface area contributed by atoms with Crippen molar-refractivity contribution < 1.29 is 32.6 Å². The molecule has 0 bridgehead atoms. The average Bonchev–Trinajstić information content (AvgIpc) is 2.83. The van der Waals surface area contributed by atoms with Gasteiger partial charge < -0.3 is 9.84 Å². The minimum absolute atomic E-state index is 0.248. The molecule has 192 valence electrons. The first-order chi connectivity index (χ1) is 16.6. The summed E-state index contributed by atoms with van der Waals surface area (Å²) in [6.07, 6.45) is -2.20. The summed E-state index contributed by atoms with van der Waals surface area (Å²) in [5.74, 6) is -0.0737. The number of ether oxygens (including phenoxy) is 1. The molecule has 10 heteroatoms. The maximum absolute atomic E-state index is 12.8. The van der Waals surface area contributed by atoms with Crippen LogP contribution in [0.1, 0.15) is 50.3 Å². The molecular formula is C25H32F3N3O4. The van der Waals surface area contributed by atoms with Crippen LogP contribution >= 0.6 is 0 Å². The van der Waals surface area contributed by atoms with Crippen molar-refractivity contribution in [2.24, 2.45) is 4.99 Å². The van der Waals surface area contributed by atoms with Crippen LogP contribution in [0.2, 0.25) is 0 Å². The number of amidine groups is 1. The minimum atomic E-state index is -4.46. The second kappa shape index (κ2) is 14.6. The Kier molecular flexibility index (Phi) is 12.3. The summed E-state index contributed by atoms with van der Waals surface area (Å²) < 4.78 is 43.6. The molecule has 0 unspecified atom stereocenters. The van der Waals surface area contributed by atoms with Crippen LogP contribution in [0.15, 0.2) is 47.5 Å². The number of hydrogen-bond acceptors (Lipinski definition) is 4. The zero-order valence-corrected chi connectivity index (χ0v) is 20.4. The Morgan fingerprint density at radius 1 is 1.17 bits per heavy atom. The van der Waals surface area contributed by atoms with Crippen LogP contribution in [-0.2, 0) is 22.2 Å². The zero-order valence-electron chi connectivity index (χ0n) is 20.4. The van der Waals surface area contributed by atoms with Gasteiger partial charge in [0.2, 0.25) is 6.41 Å². The van der Waals surface area contributed by atoms with Gasteiger partial charge in [0.15, 0.2) is 6.61 Å². The Bertz CT molecular complexity index is 977. The molecule has 0 aliphatic rings. The summed E-state index contributed by atoms with van der Waals surface area (Å²) in [4.78, 5) is 26.7. The van der Waals surface area contributed by atoms with Gasteiger partial charge in [-0.2, -0.15) is 13.2 Å². The van der Waals surface area contributed by atoms with Crippen LogP contribution in [0, 0.1) is 6.92 Å². The molecule has 2 rings (SSSR count). The Labute approximate surface area is 203 Å². The third-order valence-corrected chi connectivity index (χ3v) is 4.59. The quantitative estimate of drug-likeness (QED) is 0.188. The normalized spacial score (nSPS) is 11.2. The van der Waals surface area contributed by atoms with Crippen molar-refractivity contribution in [2.45, 2.75) is 53.1 Å². The fraction of sp³-hybridized carbons (Fsp3) is 0.400. The number of nitrogens with one attached hydrogen (secondary N) is 1. The smallest absolute Gasteiger partial charge is 0.416 e. The molecule has 0 aliphatic carbocycles. The lowest BCUT2D eigenvalue weighted by molar-refractivity contribution is -0.139. The van der Waals surface area contributed by atoms with Gasteiger partial charge in [-0.1, -0.05) is 32.9 Å². The van der Waals surface area contributed by atoms with Gasteiger partial charge in [-0.25, -0.2) is 9.80 Å². The number of halogens is 3. The SMILES string of the molecule is CC.CCCN=C(CCc1ccc(OCC(=O)O)c(C)c1)NN(C=O)c1ccc(C(F)(F)F)cc1. The van der Waals surface area contributed by atoms with Crippen LogP contribution < -0.4 is 15.2 Å². The number of hydrazine groups is 1. The summed E-state index contributed by atoms with van der Waals surface area (Å²) in [7, 11) is 0. The Balaban J connectivity index is 0.00000298. The molecule has 7 nitrogen and oxygen atoms in total. The highest BCUT2D eigenvalue weighted by Gasteiger charge is 2.30. The summed E-state index contributed by atoms with van der Waals surface area (Å²) in [6, 6.07) is 9.63. The van der Waals surface area contributed by atoms with Crippen molar-refractivity contribution in [1.29, 1.82) is 0 Å². The van der Waals surface area contributed by atoms with Crippen molar-refractivity contribution in [3.8, 4) is 5.75 Å². The van der Waals surface area contributed by atoms with Crippen LogP contribution in [-0.4, -0.2) is 36.5 Å². The zero-order chi connectivity index (χ0) is 26.4. The highest BCUT2D eigenvalue weighted by Crippen LogP contribution is 2.30. The first-order valence-corrected chi connectivity index (χ1v) is 11.3. The number of anilines is 1. The van der Waals surface area contributed by atoms with E-state index in [1.807, 2.05) is 39.8 Å². The molecular weight excluding hydrogens is 463 g/mol. The Morgan fingerprint density at radius 2 is 1.83 bits per heavy atom. The monoisotopic (exact) mass is 495 g/mol. The molecule has 0 saturated carbocycles. The molecule has 0 heterocycles. The highest BCUT2D eigenvalue weighted by molar-refractivity contribution is 5.88.